The predicted molar refractivity (Wildman–Crippen MR) is 143 cm³/mol. The van der Waals surface area contributed by atoms with Gasteiger partial charge in [0, 0.05) is 12.1 Å². The van der Waals surface area contributed by atoms with Crippen molar-refractivity contribution in [3.05, 3.63) is 53.4 Å². The normalized spacial score (nSPS) is 12.4. The number of phenolic OH excluding ortho intramolecular Hbond substituents is 1. The van der Waals surface area contributed by atoms with Crippen LogP contribution in [0.3, 0.4) is 0 Å². The second-order valence-electron chi connectivity index (χ2n) is 9.89. The van der Waals surface area contributed by atoms with E-state index in [1.165, 1.54) is 0 Å². The van der Waals surface area contributed by atoms with Gasteiger partial charge in [-0.05, 0) is 35.2 Å². The number of aromatic hydroxyl groups is 1. The van der Waals surface area contributed by atoms with E-state index in [1.54, 1.807) is 18.6 Å². The summed E-state index contributed by atoms with van der Waals surface area (Å²) in [6.07, 6.45) is 3.47. The molecule has 2 aromatic carbocycles. The first-order chi connectivity index (χ1) is 16.1. The number of anilines is 2. The zero-order chi connectivity index (χ0) is 24.8. The summed E-state index contributed by atoms with van der Waals surface area (Å²) in [6.45, 7) is 15.4. The molecular formula is C26H33ClN4O2Si. The summed E-state index contributed by atoms with van der Waals surface area (Å²) in [5, 5.41) is 15.0. The number of nitrogens with zero attached hydrogens (tertiary/aromatic N) is 3. The highest BCUT2D eigenvalue weighted by atomic mass is 35.5. The Kier molecular flexibility index (Phi) is 6.53. The van der Waals surface area contributed by atoms with E-state index >= 15 is 0 Å². The molecule has 180 valence electrons. The van der Waals surface area contributed by atoms with Gasteiger partial charge in [-0.1, -0.05) is 65.3 Å². The highest BCUT2D eigenvalue weighted by Gasteiger charge is 2.47. The third-order valence-electron chi connectivity index (χ3n) is 6.89. The Morgan fingerprint density at radius 1 is 1.03 bits per heavy atom. The fourth-order valence-corrected chi connectivity index (χ4v) is 10.8. The number of imidazole rings is 1. The van der Waals surface area contributed by atoms with Gasteiger partial charge in [-0.15, -0.1) is 0 Å². The molecule has 0 bridgehead atoms. The van der Waals surface area contributed by atoms with Crippen molar-refractivity contribution in [2.24, 2.45) is 0 Å². The molecule has 2 heterocycles. The van der Waals surface area contributed by atoms with Crippen molar-refractivity contribution in [1.82, 2.24) is 14.4 Å². The lowest BCUT2D eigenvalue weighted by atomic mass is 10.2. The minimum atomic E-state index is -2.26. The fourth-order valence-electron chi connectivity index (χ4n) is 5.30. The molecule has 8 heteroatoms. The molecule has 0 atom stereocenters. The van der Waals surface area contributed by atoms with E-state index < -0.39 is 8.32 Å². The first-order valence-electron chi connectivity index (χ1n) is 11.8. The third kappa shape index (κ3) is 4.01. The fraction of sp³-hybridized carbons (Fsp3) is 0.385. The molecule has 2 N–H and O–H groups in total. The summed E-state index contributed by atoms with van der Waals surface area (Å²) in [6, 6.07) is 9.34. The average Bonchev–Trinajstić information content (AvgIpc) is 3.25. The van der Waals surface area contributed by atoms with E-state index in [0.29, 0.717) is 38.7 Å². The number of aryl methyl sites for hydroxylation is 1. The number of phenols is 1. The first kappa shape index (κ1) is 24.4. The largest absolute Gasteiger partial charge is 0.540 e. The minimum absolute atomic E-state index is 0.116. The van der Waals surface area contributed by atoms with Gasteiger partial charge in [-0.25, -0.2) is 9.97 Å². The molecule has 0 amide bonds. The number of hydrogen-bond donors (Lipinski definition) is 2. The van der Waals surface area contributed by atoms with Gasteiger partial charge in [0.05, 0.1) is 34.3 Å². The van der Waals surface area contributed by atoms with Crippen molar-refractivity contribution in [2.45, 2.75) is 65.1 Å². The topological polar surface area (TPSA) is 71.7 Å². The summed E-state index contributed by atoms with van der Waals surface area (Å²) < 4.78 is 8.71. The molecule has 0 aliphatic heterocycles. The first-order valence-corrected chi connectivity index (χ1v) is 14.3. The Bertz CT molecular complexity index is 1310. The van der Waals surface area contributed by atoms with Gasteiger partial charge in [0.1, 0.15) is 11.3 Å². The van der Waals surface area contributed by atoms with E-state index in [9.17, 15) is 5.11 Å². The lowest BCUT2D eigenvalue weighted by Gasteiger charge is -2.42. The summed E-state index contributed by atoms with van der Waals surface area (Å²) in [4.78, 5) is 9.24. The van der Waals surface area contributed by atoms with Crippen molar-refractivity contribution >= 4 is 48.0 Å². The van der Waals surface area contributed by atoms with Gasteiger partial charge in [-0.2, -0.15) is 0 Å². The Labute approximate surface area is 207 Å². The van der Waals surface area contributed by atoms with Crippen LogP contribution in [0, 0.1) is 6.92 Å². The van der Waals surface area contributed by atoms with Crippen LogP contribution in [0.1, 0.15) is 47.1 Å². The summed E-state index contributed by atoms with van der Waals surface area (Å²) >= 11 is 6.47. The minimum Gasteiger partial charge on any atom is -0.540 e. The van der Waals surface area contributed by atoms with Gasteiger partial charge >= 0.3 is 0 Å². The van der Waals surface area contributed by atoms with Crippen LogP contribution >= 0.6 is 11.6 Å². The van der Waals surface area contributed by atoms with Crippen LogP contribution in [0.25, 0.3) is 16.6 Å². The van der Waals surface area contributed by atoms with Gasteiger partial charge in [0.2, 0.25) is 0 Å². The molecule has 2 aromatic heterocycles. The molecule has 0 fully saturated rings. The smallest absolute Gasteiger partial charge is 0.258 e. The van der Waals surface area contributed by atoms with E-state index in [2.05, 4.69) is 51.8 Å². The molecule has 0 radical (unpaired) electrons. The van der Waals surface area contributed by atoms with Crippen LogP contribution in [0.2, 0.25) is 21.6 Å². The van der Waals surface area contributed by atoms with E-state index in [1.807, 2.05) is 35.6 Å². The Morgan fingerprint density at radius 2 is 1.71 bits per heavy atom. The van der Waals surface area contributed by atoms with Crippen molar-refractivity contribution in [3.63, 3.8) is 0 Å². The summed E-state index contributed by atoms with van der Waals surface area (Å²) in [7, 11) is -2.26. The van der Waals surface area contributed by atoms with Crippen LogP contribution < -0.4 is 9.74 Å². The SMILES string of the molecule is Cc1cccc(Cl)c1Nc1nc2cc(O[Si](C(C)C)(C(C)C)C(C)C)c(O)cc2n2cncc12. The highest BCUT2D eigenvalue weighted by molar-refractivity contribution is 6.78. The number of benzene rings is 2. The molecule has 0 saturated carbocycles. The summed E-state index contributed by atoms with van der Waals surface area (Å²) in [5.74, 6) is 1.24. The average molecular weight is 497 g/mol. The van der Waals surface area contributed by atoms with Crippen molar-refractivity contribution in [3.8, 4) is 11.5 Å². The second-order valence-corrected chi connectivity index (χ2v) is 15.7. The standard InChI is InChI=1S/C26H33ClN4O2Si/c1-15(2)34(16(3)4,17(5)6)33-24-11-20-21(12-23(24)32)31-14-28-13-22(31)26(29-20)30-25-18(7)9-8-10-19(25)27/h8-17,32H,1-7H3,(H,29,30). The Morgan fingerprint density at radius 3 is 2.32 bits per heavy atom. The molecule has 4 aromatic rings. The molecule has 0 aliphatic rings. The Balaban J connectivity index is 1.88. The van der Waals surface area contributed by atoms with Gasteiger partial charge in [-0.3, -0.25) is 4.40 Å². The van der Waals surface area contributed by atoms with Crippen LogP contribution in [0.5, 0.6) is 11.5 Å². The van der Waals surface area contributed by atoms with Crippen molar-refractivity contribution in [2.75, 3.05) is 5.32 Å². The molecule has 0 spiro atoms. The van der Waals surface area contributed by atoms with Gasteiger partial charge in [0.25, 0.3) is 8.32 Å². The number of para-hydroxylation sites is 1. The van der Waals surface area contributed by atoms with E-state index in [-0.39, 0.29) is 5.75 Å². The molecule has 6 nitrogen and oxygen atoms in total. The number of fused-ring (bicyclic) bond motifs is 3. The lowest BCUT2D eigenvalue weighted by Crippen LogP contribution is -2.50. The maximum Gasteiger partial charge on any atom is 0.258 e. The maximum atomic E-state index is 11.0. The van der Waals surface area contributed by atoms with E-state index in [4.69, 9.17) is 21.0 Å². The highest BCUT2D eigenvalue weighted by Crippen LogP contribution is 2.45. The van der Waals surface area contributed by atoms with Crippen LogP contribution in [-0.2, 0) is 0 Å². The van der Waals surface area contributed by atoms with Gasteiger partial charge < -0.3 is 14.8 Å². The molecule has 0 unspecified atom stereocenters. The van der Waals surface area contributed by atoms with Crippen molar-refractivity contribution in [1.29, 1.82) is 0 Å². The zero-order valence-electron chi connectivity index (χ0n) is 20.8. The quantitative estimate of drug-likeness (QED) is 0.255. The zero-order valence-corrected chi connectivity index (χ0v) is 22.6. The number of nitrogens with one attached hydrogen (secondary N) is 1. The number of hydrogen-bond acceptors (Lipinski definition) is 5. The second kappa shape index (κ2) is 9.11. The third-order valence-corrected chi connectivity index (χ3v) is 13.2. The van der Waals surface area contributed by atoms with Crippen LogP contribution in [0.4, 0.5) is 11.5 Å². The molecule has 0 aliphatic carbocycles. The van der Waals surface area contributed by atoms with E-state index in [0.717, 1.165) is 22.3 Å². The molecule has 4 rings (SSSR count). The summed E-state index contributed by atoms with van der Waals surface area (Å²) in [5.41, 5.74) is 5.21. The number of rotatable bonds is 7. The monoisotopic (exact) mass is 496 g/mol. The Hall–Kier alpha value is -2.77. The molecule has 34 heavy (non-hydrogen) atoms. The predicted octanol–water partition coefficient (Wildman–Crippen LogP) is 7.85. The molecule has 0 saturated heterocycles. The van der Waals surface area contributed by atoms with Crippen LogP contribution in [-0.4, -0.2) is 27.8 Å². The van der Waals surface area contributed by atoms with Gasteiger partial charge in [0.15, 0.2) is 11.6 Å². The molecular weight excluding hydrogens is 464 g/mol. The lowest BCUT2D eigenvalue weighted by molar-refractivity contribution is 0.417. The number of aromatic nitrogens is 3. The van der Waals surface area contributed by atoms with Crippen LogP contribution in [0.15, 0.2) is 42.9 Å². The van der Waals surface area contributed by atoms with Crippen molar-refractivity contribution < 1.29 is 9.53 Å². The maximum absolute atomic E-state index is 11.0. The number of halogens is 1.